The van der Waals surface area contributed by atoms with Gasteiger partial charge >= 0.3 is 5.97 Å². The molecule has 1 unspecified atom stereocenters. The third kappa shape index (κ3) is 8.15. The number of anilines is 1. The lowest BCUT2D eigenvalue weighted by Crippen LogP contribution is -2.31. The van der Waals surface area contributed by atoms with Crippen molar-refractivity contribution in [2.24, 2.45) is 0 Å². The summed E-state index contributed by atoms with van der Waals surface area (Å²) in [5.74, 6) is -0.0392. The number of methoxy groups -OCH3 is 1. The van der Waals surface area contributed by atoms with Gasteiger partial charge in [0.05, 0.1) is 37.1 Å². The number of carbonyl (C=O) groups is 3. The molecule has 2 heterocycles. The topological polar surface area (TPSA) is 141 Å². The third-order valence-corrected chi connectivity index (χ3v) is 8.04. The predicted octanol–water partition coefficient (Wildman–Crippen LogP) is 4.81. The number of halogens is 1. The van der Waals surface area contributed by atoms with Gasteiger partial charge in [0.1, 0.15) is 17.3 Å². The molecule has 3 N–H and O–H groups in total. The number of hydrogen-bond acceptors (Lipinski definition) is 8. The average Bonchev–Trinajstić information content (AvgIpc) is 3.58. The van der Waals surface area contributed by atoms with Gasteiger partial charge in [0.25, 0.3) is 5.91 Å². The monoisotopic (exact) mass is 688 g/mol. The highest BCUT2D eigenvalue weighted by Crippen LogP contribution is 2.42. The molecule has 0 radical (unpaired) electrons. The third-order valence-electron chi connectivity index (χ3n) is 8.04. The van der Waals surface area contributed by atoms with Gasteiger partial charge in [-0.25, -0.2) is 0 Å². The van der Waals surface area contributed by atoms with Crippen molar-refractivity contribution in [3.8, 4) is 11.5 Å². The summed E-state index contributed by atoms with van der Waals surface area (Å²) in [7, 11) is 3.24. The van der Waals surface area contributed by atoms with Crippen molar-refractivity contribution in [3.63, 3.8) is 0 Å². The minimum absolute atomic E-state index is 0. The molecule has 11 nitrogen and oxygen atoms in total. The van der Waals surface area contributed by atoms with E-state index in [1.807, 2.05) is 19.1 Å². The molecule has 0 aromatic heterocycles. The Balaban J connectivity index is 0.00000552. The quantitative estimate of drug-likeness (QED) is 0.200. The molecule has 1 saturated heterocycles. The van der Waals surface area contributed by atoms with E-state index in [1.165, 1.54) is 0 Å². The van der Waals surface area contributed by atoms with Gasteiger partial charge in [0.15, 0.2) is 5.78 Å². The number of carboxylic acids is 1. The number of nitrogens with one attached hydrogen (secondary N) is 2. The van der Waals surface area contributed by atoms with E-state index in [1.54, 1.807) is 31.2 Å². The summed E-state index contributed by atoms with van der Waals surface area (Å²) in [5, 5.41) is 20.6. The van der Waals surface area contributed by atoms with Crippen molar-refractivity contribution in [2.75, 3.05) is 51.9 Å². The van der Waals surface area contributed by atoms with Crippen LogP contribution in [0.5, 0.6) is 11.5 Å². The molecule has 1 fully saturated rings. The number of hydrogen-bond donors (Lipinski definition) is 3. The lowest BCUT2D eigenvalue weighted by molar-refractivity contribution is -0.137. The Labute approximate surface area is 275 Å². The van der Waals surface area contributed by atoms with E-state index in [9.17, 15) is 14.4 Å². The summed E-state index contributed by atoms with van der Waals surface area (Å²) in [6, 6.07) is 7.17. The Morgan fingerprint density at radius 3 is 2.47 bits per heavy atom. The second-order valence-corrected chi connectivity index (χ2v) is 12.2. The van der Waals surface area contributed by atoms with Crippen LogP contribution in [0.25, 0.3) is 0 Å². The number of rotatable bonds is 13. The standard InChI is InChI=1S/C33H44N4O7.BrH/c1-7-43-28-15-21-17-37(31(34)23(21)16-24(28)32(41)35-5)19-27(38)20-13-25(33(2,3)4)30(44-12-8-9-29(39)40)26(14-20)36-11-10-22(18-36)42-6;/h13-16,22,34H,7-12,17-19H2,1-6H3,(H,35,41)(H,39,40);1H. The maximum Gasteiger partial charge on any atom is 0.303 e. The van der Waals surface area contributed by atoms with Gasteiger partial charge in [-0.2, -0.15) is 0 Å². The van der Waals surface area contributed by atoms with Gasteiger partial charge in [-0.1, -0.05) is 20.8 Å². The normalized spacial score (nSPS) is 15.9. The summed E-state index contributed by atoms with van der Waals surface area (Å²) in [5.41, 5.74) is 3.54. The van der Waals surface area contributed by atoms with Crippen molar-refractivity contribution >= 4 is 46.2 Å². The highest BCUT2D eigenvalue weighted by molar-refractivity contribution is 8.93. The molecule has 246 valence electrons. The van der Waals surface area contributed by atoms with E-state index >= 15 is 0 Å². The highest BCUT2D eigenvalue weighted by Gasteiger charge is 2.33. The number of fused-ring (bicyclic) bond motifs is 1. The lowest BCUT2D eigenvalue weighted by Gasteiger charge is -2.30. The number of ether oxygens (including phenoxy) is 3. The molecule has 45 heavy (non-hydrogen) atoms. The van der Waals surface area contributed by atoms with Crippen LogP contribution >= 0.6 is 17.0 Å². The summed E-state index contributed by atoms with van der Waals surface area (Å²) < 4.78 is 17.6. The molecule has 2 aromatic carbocycles. The molecule has 0 saturated carbocycles. The van der Waals surface area contributed by atoms with Gasteiger partial charge in [-0.15, -0.1) is 17.0 Å². The van der Waals surface area contributed by atoms with Gasteiger partial charge < -0.3 is 34.4 Å². The zero-order chi connectivity index (χ0) is 32.2. The Hall–Kier alpha value is -3.64. The fraction of sp³-hybridized carbons (Fsp3) is 0.515. The van der Waals surface area contributed by atoms with Crippen LogP contribution in [-0.4, -0.2) is 86.6 Å². The number of ketones is 1. The Kier molecular flexibility index (Phi) is 12.0. The van der Waals surface area contributed by atoms with Crippen molar-refractivity contribution in [1.82, 2.24) is 10.2 Å². The highest BCUT2D eigenvalue weighted by atomic mass is 79.9. The number of benzene rings is 2. The fourth-order valence-corrected chi connectivity index (χ4v) is 5.67. The first-order valence-electron chi connectivity index (χ1n) is 15.1. The summed E-state index contributed by atoms with van der Waals surface area (Å²) in [6.07, 6.45) is 1.26. The SMILES string of the molecule is Br.CCOc1cc2c(cc1C(=O)NC)C(=N)N(CC(=O)c1cc(N3CCC(OC)C3)c(OCCCC(=O)O)c(C(C)(C)C)c1)C2. The number of aliphatic carboxylic acids is 1. The number of carbonyl (C=O) groups excluding carboxylic acids is 2. The van der Waals surface area contributed by atoms with Crippen LogP contribution in [-0.2, 0) is 21.5 Å². The molecule has 1 amide bonds. The molecule has 0 bridgehead atoms. The largest absolute Gasteiger partial charge is 0.493 e. The first-order chi connectivity index (χ1) is 20.9. The lowest BCUT2D eigenvalue weighted by atomic mass is 9.84. The van der Waals surface area contributed by atoms with Crippen molar-refractivity contribution in [2.45, 2.75) is 65.0 Å². The van der Waals surface area contributed by atoms with Gasteiger partial charge in [0, 0.05) is 56.9 Å². The number of amides is 1. The second kappa shape index (κ2) is 15.1. The maximum atomic E-state index is 13.9. The molecular weight excluding hydrogens is 644 g/mol. The van der Waals surface area contributed by atoms with Crippen molar-refractivity contribution < 1.29 is 33.7 Å². The van der Waals surface area contributed by atoms with Crippen LogP contribution in [0.1, 0.15) is 84.4 Å². The Bertz CT molecular complexity index is 1440. The van der Waals surface area contributed by atoms with E-state index in [2.05, 4.69) is 31.0 Å². The zero-order valence-corrected chi connectivity index (χ0v) is 28.7. The maximum absolute atomic E-state index is 13.9. The van der Waals surface area contributed by atoms with Crippen LogP contribution in [0.3, 0.4) is 0 Å². The summed E-state index contributed by atoms with van der Waals surface area (Å²) in [4.78, 5) is 41.4. The molecule has 0 aliphatic carbocycles. The second-order valence-electron chi connectivity index (χ2n) is 12.2. The van der Waals surface area contributed by atoms with E-state index in [0.717, 1.165) is 29.8 Å². The number of nitrogens with zero attached hydrogens (tertiary/aromatic N) is 2. The van der Waals surface area contributed by atoms with Gasteiger partial charge in [-0.3, -0.25) is 19.8 Å². The predicted molar refractivity (Wildman–Crippen MR) is 178 cm³/mol. The molecule has 2 aliphatic rings. The summed E-state index contributed by atoms with van der Waals surface area (Å²) >= 11 is 0. The fourth-order valence-electron chi connectivity index (χ4n) is 5.67. The van der Waals surface area contributed by atoms with Crippen LogP contribution in [0.2, 0.25) is 0 Å². The average molecular weight is 690 g/mol. The van der Waals surface area contributed by atoms with Crippen molar-refractivity contribution in [3.05, 3.63) is 52.1 Å². The first kappa shape index (κ1) is 35.8. The van der Waals surface area contributed by atoms with Crippen molar-refractivity contribution in [1.29, 1.82) is 5.41 Å². The van der Waals surface area contributed by atoms with E-state index in [0.29, 0.717) is 54.3 Å². The van der Waals surface area contributed by atoms with Crippen LogP contribution in [0.4, 0.5) is 5.69 Å². The number of amidine groups is 1. The summed E-state index contributed by atoms with van der Waals surface area (Å²) in [6.45, 7) is 10.3. The molecule has 2 aromatic rings. The van der Waals surface area contributed by atoms with E-state index < -0.39 is 5.97 Å². The smallest absolute Gasteiger partial charge is 0.303 e. The molecule has 1 atom stereocenters. The molecule has 12 heteroatoms. The molecule has 4 rings (SSSR count). The molecular formula is C33H45BrN4O7. The molecule has 0 spiro atoms. The van der Waals surface area contributed by atoms with Crippen LogP contribution in [0, 0.1) is 5.41 Å². The van der Waals surface area contributed by atoms with E-state index in [-0.39, 0.29) is 65.6 Å². The number of Topliss-reactive ketones (excluding diaryl/α,β-unsaturated/α-hetero) is 1. The van der Waals surface area contributed by atoms with Crippen LogP contribution < -0.4 is 19.7 Å². The van der Waals surface area contributed by atoms with Gasteiger partial charge in [0.2, 0.25) is 0 Å². The minimum atomic E-state index is -0.873. The zero-order valence-electron chi connectivity index (χ0n) is 27.0. The Morgan fingerprint density at radius 1 is 1.13 bits per heavy atom. The Morgan fingerprint density at radius 2 is 1.87 bits per heavy atom. The minimum Gasteiger partial charge on any atom is -0.493 e. The van der Waals surface area contributed by atoms with Crippen LogP contribution in [0.15, 0.2) is 24.3 Å². The number of carboxylic acid groups (broad SMARTS) is 1. The molecule has 2 aliphatic heterocycles. The van der Waals surface area contributed by atoms with E-state index in [4.69, 9.17) is 24.7 Å². The first-order valence-corrected chi connectivity index (χ1v) is 15.1. The van der Waals surface area contributed by atoms with Gasteiger partial charge in [-0.05, 0) is 55.0 Å².